The Balaban J connectivity index is 1.39. The average molecular weight is 424 g/mol. The summed E-state index contributed by atoms with van der Waals surface area (Å²) in [5.41, 5.74) is 9.32. The summed E-state index contributed by atoms with van der Waals surface area (Å²) in [7, 11) is 1.86. The standard InChI is InChI=1S/C22H25N5O2S/c1-14-15(13-24-26(14)2)21(28)27-9-7-22(8-10-27)16-12-19(30-18(16)6-11-29-22)17-4-3-5-20(23)25-17/h3-5,12-13H,6-11H2,1-2H3,(H2,23,25). The highest BCUT2D eigenvalue weighted by Gasteiger charge is 2.43. The van der Waals surface area contributed by atoms with Gasteiger partial charge in [-0.05, 0) is 43.5 Å². The van der Waals surface area contributed by atoms with Crippen LogP contribution >= 0.6 is 11.3 Å². The Hall–Kier alpha value is -2.71. The lowest BCUT2D eigenvalue weighted by Gasteiger charge is -2.44. The molecule has 1 amide bonds. The fourth-order valence-electron chi connectivity index (χ4n) is 4.50. The highest BCUT2D eigenvalue weighted by molar-refractivity contribution is 7.15. The fraction of sp³-hybridized carbons (Fsp3) is 0.409. The number of fused-ring (bicyclic) bond motifs is 2. The van der Waals surface area contributed by atoms with Gasteiger partial charge in [0, 0.05) is 37.1 Å². The van der Waals surface area contributed by atoms with E-state index in [1.807, 2.05) is 31.0 Å². The molecule has 0 aromatic carbocycles. The Morgan fingerprint density at radius 3 is 2.80 bits per heavy atom. The molecule has 1 saturated heterocycles. The summed E-state index contributed by atoms with van der Waals surface area (Å²) in [6, 6.07) is 7.97. The number of likely N-dealkylation sites (tertiary alicyclic amines) is 1. The molecule has 7 nitrogen and oxygen atoms in total. The van der Waals surface area contributed by atoms with E-state index in [1.165, 1.54) is 10.4 Å². The molecule has 1 spiro atoms. The van der Waals surface area contributed by atoms with E-state index in [1.54, 1.807) is 28.3 Å². The Labute approximate surface area is 179 Å². The number of aromatic nitrogens is 3. The van der Waals surface area contributed by atoms with Gasteiger partial charge >= 0.3 is 0 Å². The molecule has 156 valence electrons. The second kappa shape index (κ2) is 7.21. The van der Waals surface area contributed by atoms with E-state index in [4.69, 9.17) is 10.5 Å². The third-order valence-electron chi connectivity index (χ3n) is 6.35. The maximum atomic E-state index is 13.0. The van der Waals surface area contributed by atoms with Crippen molar-refractivity contribution in [1.82, 2.24) is 19.7 Å². The Morgan fingerprint density at radius 1 is 1.30 bits per heavy atom. The first-order valence-electron chi connectivity index (χ1n) is 10.2. The van der Waals surface area contributed by atoms with E-state index >= 15 is 0 Å². The van der Waals surface area contributed by atoms with E-state index in [2.05, 4.69) is 16.1 Å². The molecule has 0 saturated carbocycles. The zero-order valence-electron chi connectivity index (χ0n) is 17.2. The molecular weight excluding hydrogens is 398 g/mol. The molecule has 0 unspecified atom stereocenters. The molecule has 3 aromatic heterocycles. The van der Waals surface area contributed by atoms with E-state index in [-0.39, 0.29) is 11.5 Å². The third kappa shape index (κ3) is 3.11. The van der Waals surface area contributed by atoms with Crippen LogP contribution < -0.4 is 5.73 Å². The van der Waals surface area contributed by atoms with Gasteiger partial charge in [0.25, 0.3) is 5.91 Å². The molecule has 5 heterocycles. The maximum Gasteiger partial charge on any atom is 0.257 e. The van der Waals surface area contributed by atoms with Gasteiger partial charge in [-0.15, -0.1) is 11.3 Å². The van der Waals surface area contributed by atoms with Crippen LogP contribution in [0.1, 0.15) is 39.3 Å². The van der Waals surface area contributed by atoms with Crippen molar-refractivity contribution in [1.29, 1.82) is 0 Å². The van der Waals surface area contributed by atoms with Gasteiger partial charge in [0.1, 0.15) is 5.82 Å². The third-order valence-corrected chi connectivity index (χ3v) is 7.57. The molecule has 3 aromatic rings. The number of anilines is 1. The van der Waals surface area contributed by atoms with E-state index in [9.17, 15) is 4.79 Å². The molecule has 0 aliphatic carbocycles. The first kappa shape index (κ1) is 19.3. The lowest BCUT2D eigenvalue weighted by Crippen LogP contribution is -2.48. The summed E-state index contributed by atoms with van der Waals surface area (Å²) in [5, 5.41) is 4.21. The predicted octanol–water partition coefficient (Wildman–Crippen LogP) is 3.14. The number of nitrogen functional groups attached to an aromatic ring is 1. The molecule has 0 bridgehead atoms. The van der Waals surface area contributed by atoms with Crippen molar-refractivity contribution < 1.29 is 9.53 Å². The van der Waals surface area contributed by atoms with Crippen molar-refractivity contribution in [2.45, 2.75) is 31.8 Å². The first-order valence-corrected chi connectivity index (χ1v) is 11.1. The predicted molar refractivity (Wildman–Crippen MR) is 116 cm³/mol. The summed E-state index contributed by atoms with van der Waals surface area (Å²) in [4.78, 5) is 21.9. The molecule has 1 fully saturated rings. The highest BCUT2D eigenvalue weighted by Crippen LogP contribution is 2.46. The van der Waals surface area contributed by atoms with Crippen LogP contribution in [0.15, 0.2) is 30.5 Å². The monoisotopic (exact) mass is 423 g/mol. The van der Waals surface area contributed by atoms with Gasteiger partial charge in [-0.3, -0.25) is 9.48 Å². The van der Waals surface area contributed by atoms with Gasteiger partial charge in [-0.1, -0.05) is 6.07 Å². The van der Waals surface area contributed by atoms with Crippen LogP contribution in [-0.2, 0) is 23.8 Å². The van der Waals surface area contributed by atoms with E-state index < -0.39 is 0 Å². The molecule has 2 aliphatic rings. The molecule has 8 heteroatoms. The number of carbonyl (C=O) groups excluding carboxylic acids is 1. The van der Waals surface area contributed by atoms with Crippen LogP contribution in [0.3, 0.4) is 0 Å². The number of rotatable bonds is 2. The van der Waals surface area contributed by atoms with E-state index in [0.717, 1.165) is 35.5 Å². The number of thiophene rings is 1. The highest BCUT2D eigenvalue weighted by atomic mass is 32.1. The Bertz CT molecular complexity index is 1110. The van der Waals surface area contributed by atoms with Gasteiger partial charge in [0.05, 0.1) is 34.5 Å². The number of nitrogens with zero attached hydrogens (tertiary/aromatic N) is 4. The van der Waals surface area contributed by atoms with Gasteiger partial charge in [0.15, 0.2) is 0 Å². The quantitative estimate of drug-likeness (QED) is 0.684. The van der Waals surface area contributed by atoms with Crippen LogP contribution in [0.2, 0.25) is 0 Å². The Morgan fingerprint density at radius 2 is 2.10 bits per heavy atom. The zero-order valence-corrected chi connectivity index (χ0v) is 18.0. The first-order chi connectivity index (χ1) is 14.5. The number of piperidine rings is 1. The SMILES string of the molecule is Cc1c(C(=O)N2CCC3(CC2)OCCc2sc(-c4cccc(N)n4)cc23)cnn1C. The minimum Gasteiger partial charge on any atom is -0.384 e. The number of amides is 1. The number of hydrogen-bond donors (Lipinski definition) is 1. The number of nitrogens with two attached hydrogens (primary N) is 1. The fourth-order valence-corrected chi connectivity index (χ4v) is 5.70. The minimum atomic E-state index is -0.316. The van der Waals surface area contributed by atoms with Crippen LogP contribution in [-0.4, -0.2) is 45.3 Å². The molecule has 2 aliphatic heterocycles. The van der Waals surface area contributed by atoms with Crippen LogP contribution in [0.25, 0.3) is 10.6 Å². The number of ether oxygens (including phenoxy) is 1. The summed E-state index contributed by atoms with van der Waals surface area (Å²) < 4.78 is 8.12. The van der Waals surface area contributed by atoms with Crippen LogP contribution in [0.5, 0.6) is 0 Å². The lowest BCUT2D eigenvalue weighted by molar-refractivity contribution is -0.0926. The summed E-state index contributed by atoms with van der Waals surface area (Å²) in [6.07, 6.45) is 4.18. The molecule has 5 rings (SSSR count). The second-order valence-electron chi connectivity index (χ2n) is 8.05. The number of hydrogen-bond acceptors (Lipinski definition) is 6. The van der Waals surface area contributed by atoms with Crippen molar-refractivity contribution in [3.8, 4) is 10.6 Å². The molecule has 0 radical (unpaired) electrons. The average Bonchev–Trinajstić information content (AvgIpc) is 3.33. The largest absolute Gasteiger partial charge is 0.384 e. The topological polar surface area (TPSA) is 86.3 Å². The Kier molecular flexibility index (Phi) is 4.63. The normalized spacial score (nSPS) is 17.9. The van der Waals surface area contributed by atoms with Crippen LogP contribution in [0.4, 0.5) is 5.82 Å². The maximum absolute atomic E-state index is 13.0. The molecule has 2 N–H and O–H groups in total. The van der Waals surface area contributed by atoms with Crippen molar-refractivity contribution >= 4 is 23.1 Å². The van der Waals surface area contributed by atoms with Gasteiger partial charge in [0.2, 0.25) is 0 Å². The smallest absolute Gasteiger partial charge is 0.257 e. The summed E-state index contributed by atoms with van der Waals surface area (Å²) >= 11 is 1.78. The van der Waals surface area contributed by atoms with Crippen LogP contribution in [0, 0.1) is 6.92 Å². The molecule has 30 heavy (non-hydrogen) atoms. The number of carbonyl (C=O) groups is 1. The molecular formula is C22H25N5O2S. The van der Waals surface area contributed by atoms with E-state index in [0.29, 0.717) is 31.1 Å². The van der Waals surface area contributed by atoms with Crippen molar-refractivity contribution in [2.24, 2.45) is 7.05 Å². The van der Waals surface area contributed by atoms with Crippen molar-refractivity contribution in [2.75, 3.05) is 25.4 Å². The lowest BCUT2D eigenvalue weighted by atomic mass is 9.82. The van der Waals surface area contributed by atoms with Crippen molar-refractivity contribution in [3.05, 3.63) is 52.2 Å². The summed E-state index contributed by atoms with van der Waals surface area (Å²) in [5.74, 6) is 0.587. The number of pyridine rings is 1. The molecule has 0 atom stereocenters. The van der Waals surface area contributed by atoms with Gasteiger partial charge < -0.3 is 15.4 Å². The van der Waals surface area contributed by atoms with Crippen molar-refractivity contribution in [3.63, 3.8) is 0 Å². The zero-order chi connectivity index (χ0) is 20.9. The summed E-state index contributed by atoms with van der Waals surface area (Å²) in [6.45, 7) is 4.00. The van der Waals surface area contributed by atoms with Gasteiger partial charge in [-0.25, -0.2) is 4.98 Å². The minimum absolute atomic E-state index is 0.0569. The van der Waals surface area contributed by atoms with Gasteiger partial charge in [-0.2, -0.15) is 5.10 Å². The number of aryl methyl sites for hydroxylation is 1. The second-order valence-corrected chi connectivity index (χ2v) is 9.18.